The Balaban J connectivity index is 1.76. The zero-order chi connectivity index (χ0) is 26.7. The lowest BCUT2D eigenvalue weighted by Gasteiger charge is -2.22. The second-order valence-electron chi connectivity index (χ2n) is 8.32. The van der Waals surface area contributed by atoms with Crippen LogP contribution in [0.2, 0.25) is 10.0 Å². The molecule has 2 heterocycles. The van der Waals surface area contributed by atoms with E-state index in [0.29, 0.717) is 57.6 Å². The Kier molecular flexibility index (Phi) is 8.59. The first-order chi connectivity index (χ1) is 17.8. The number of aromatic nitrogens is 1. The van der Waals surface area contributed by atoms with Gasteiger partial charge in [0.25, 0.3) is 11.8 Å². The van der Waals surface area contributed by atoms with Gasteiger partial charge in [-0.15, -0.1) is 11.3 Å². The highest BCUT2D eigenvalue weighted by Gasteiger charge is 2.32. The first kappa shape index (κ1) is 27.2. The summed E-state index contributed by atoms with van der Waals surface area (Å²) in [7, 11) is 3.05. The van der Waals surface area contributed by atoms with Crippen LogP contribution in [-0.4, -0.2) is 61.7 Å². The predicted octanol–water partition coefficient (Wildman–Crippen LogP) is 6.01. The van der Waals surface area contributed by atoms with Crippen molar-refractivity contribution in [1.82, 2.24) is 9.88 Å². The van der Waals surface area contributed by atoms with Gasteiger partial charge in [-0.1, -0.05) is 23.2 Å². The van der Waals surface area contributed by atoms with Gasteiger partial charge in [0.05, 0.1) is 36.6 Å². The van der Waals surface area contributed by atoms with Gasteiger partial charge in [-0.25, -0.2) is 4.98 Å². The molecule has 1 aliphatic heterocycles. The molecule has 4 rings (SSSR count). The number of benzene rings is 2. The van der Waals surface area contributed by atoms with Crippen molar-refractivity contribution < 1.29 is 23.8 Å². The molecule has 0 spiro atoms. The van der Waals surface area contributed by atoms with Gasteiger partial charge in [0.2, 0.25) is 0 Å². The van der Waals surface area contributed by atoms with Crippen LogP contribution in [0.1, 0.15) is 39.1 Å². The number of amides is 2. The van der Waals surface area contributed by atoms with E-state index in [9.17, 15) is 9.59 Å². The average molecular weight is 564 g/mol. The van der Waals surface area contributed by atoms with Crippen molar-refractivity contribution in [2.24, 2.45) is 0 Å². The molecule has 0 radical (unpaired) electrons. The molecule has 11 heteroatoms. The van der Waals surface area contributed by atoms with Gasteiger partial charge in [-0.2, -0.15) is 0 Å². The lowest BCUT2D eigenvalue weighted by atomic mass is 10.1. The van der Waals surface area contributed by atoms with Crippen LogP contribution in [0.5, 0.6) is 11.5 Å². The number of aryl methyl sites for hydroxylation is 1. The molecule has 0 N–H and O–H groups in total. The highest BCUT2D eigenvalue weighted by atomic mass is 35.5. The second-order valence-corrected chi connectivity index (χ2v) is 10.3. The van der Waals surface area contributed by atoms with E-state index in [2.05, 4.69) is 4.98 Å². The van der Waals surface area contributed by atoms with E-state index in [4.69, 9.17) is 37.4 Å². The van der Waals surface area contributed by atoms with Crippen molar-refractivity contribution in [2.75, 3.05) is 38.8 Å². The second kappa shape index (κ2) is 11.7. The summed E-state index contributed by atoms with van der Waals surface area (Å²) in [5.41, 5.74) is 1.01. The van der Waals surface area contributed by atoms with Gasteiger partial charge in [-0.3, -0.25) is 14.5 Å². The van der Waals surface area contributed by atoms with E-state index in [-0.39, 0.29) is 22.6 Å². The summed E-state index contributed by atoms with van der Waals surface area (Å²) >= 11 is 13.7. The van der Waals surface area contributed by atoms with Crippen molar-refractivity contribution in [3.8, 4) is 11.5 Å². The molecule has 0 bridgehead atoms. The molecule has 1 fully saturated rings. The first-order valence-corrected chi connectivity index (χ1v) is 13.2. The van der Waals surface area contributed by atoms with E-state index in [1.807, 2.05) is 13.8 Å². The Hall–Kier alpha value is -2.85. The van der Waals surface area contributed by atoms with Crippen LogP contribution in [-0.2, 0) is 4.74 Å². The highest BCUT2D eigenvalue weighted by molar-refractivity contribution is 7.16. The topological polar surface area (TPSA) is 81.2 Å². The number of halogens is 2. The van der Waals surface area contributed by atoms with Crippen LogP contribution >= 0.6 is 34.5 Å². The third-order valence-corrected chi connectivity index (χ3v) is 7.51. The summed E-state index contributed by atoms with van der Waals surface area (Å²) < 4.78 is 16.5. The monoisotopic (exact) mass is 563 g/mol. The van der Waals surface area contributed by atoms with Gasteiger partial charge in [0.1, 0.15) is 5.69 Å². The van der Waals surface area contributed by atoms with Gasteiger partial charge < -0.3 is 19.1 Å². The van der Waals surface area contributed by atoms with Gasteiger partial charge in [0, 0.05) is 35.7 Å². The van der Waals surface area contributed by atoms with Gasteiger partial charge in [-0.05, 0) is 50.6 Å². The summed E-state index contributed by atoms with van der Waals surface area (Å²) in [5.74, 6) is 0.321. The number of nitrogens with zero attached hydrogens (tertiary/aromatic N) is 3. The van der Waals surface area contributed by atoms with Crippen LogP contribution in [0, 0.1) is 6.92 Å². The third kappa shape index (κ3) is 5.70. The summed E-state index contributed by atoms with van der Waals surface area (Å²) in [6.07, 6.45) is 0.797. The minimum Gasteiger partial charge on any atom is -0.493 e. The number of hydrogen-bond donors (Lipinski definition) is 0. The van der Waals surface area contributed by atoms with Crippen LogP contribution in [0.3, 0.4) is 0 Å². The molecular weight excluding hydrogens is 537 g/mol. The molecule has 1 saturated heterocycles. The van der Waals surface area contributed by atoms with Crippen molar-refractivity contribution in [2.45, 2.75) is 26.4 Å². The molecule has 1 atom stereocenters. The Morgan fingerprint density at radius 2 is 1.89 bits per heavy atom. The summed E-state index contributed by atoms with van der Waals surface area (Å²) in [4.78, 5) is 35.7. The van der Waals surface area contributed by atoms with Crippen LogP contribution in [0.25, 0.3) is 0 Å². The fourth-order valence-electron chi connectivity index (χ4n) is 4.17. The van der Waals surface area contributed by atoms with Gasteiger partial charge >= 0.3 is 0 Å². The molecule has 2 aromatic carbocycles. The molecular formula is C26H27Cl2N3O5S. The standard InChI is InChI=1S/C26H27Cl2N3O5S/c1-5-36-18-10-11-30(14-18)25(33)23-15(2)37-26(29-23)31(17-7-9-21(34-3)22(13-17)35-4)24(32)19-8-6-16(27)12-20(19)28/h6-9,12-13,18H,5,10-11,14H2,1-4H3/t18-/m0/s1. The number of carbonyl (C=O) groups is 2. The summed E-state index contributed by atoms with van der Waals surface area (Å²) in [5, 5.41) is 0.935. The van der Waals surface area contributed by atoms with E-state index < -0.39 is 5.91 Å². The lowest BCUT2D eigenvalue weighted by molar-refractivity contribution is 0.0595. The normalized spacial score (nSPS) is 15.1. The molecule has 0 unspecified atom stereocenters. The number of ether oxygens (including phenoxy) is 3. The minimum absolute atomic E-state index is 0.0178. The third-order valence-electron chi connectivity index (χ3n) is 6.00. The number of rotatable bonds is 8. The zero-order valence-electron chi connectivity index (χ0n) is 20.9. The maximum atomic E-state index is 13.9. The molecule has 0 saturated carbocycles. The average Bonchev–Trinajstić information content (AvgIpc) is 3.50. The fourth-order valence-corrected chi connectivity index (χ4v) is 5.58. The Labute approximate surface area is 229 Å². The molecule has 2 amide bonds. The number of methoxy groups -OCH3 is 2. The SMILES string of the molecule is CCO[C@H]1CCN(C(=O)c2nc(N(C(=O)c3ccc(Cl)cc3Cl)c3ccc(OC)c(OC)c3)sc2C)C1. The number of anilines is 2. The molecule has 1 aromatic heterocycles. The summed E-state index contributed by atoms with van der Waals surface area (Å²) in [6.45, 7) is 5.46. The fraction of sp³-hybridized carbons (Fsp3) is 0.346. The van der Waals surface area contributed by atoms with E-state index in [0.717, 1.165) is 6.42 Å². The number of thiazole rings is 1. The first-order valence-electron chi connectivity index (χ1n) is 11.7. The lowest BCUT2D eigenvalue weighted by Crippen LogP contribution is -2.31. The largest absolute Gasteiger partial charge is 0.493 e. The Morgan fingerprint density at radius 1 is 1.14 bits per heavy atom. The molecule has 196 valence electrons. The smallest absolute Gasteiger partial charge is 0.273 e. The minimum atomic E-state index is -0.431. The van der Waals surface area contributed by atoms with E-state index in [1.165, 1.54) is 36.5 Å². The predicted molar refractivity (Wildman–Crippen MR) is 145 cm³/mol. The molecule has 3 aromatic rings. The van der Waals surface area contributed by atoms with Crippen LogP contribution < -0.4 is 14.4 Å². The van der Waals surface area contributed by atoms with E-state index in [1.54, 1.807) is 35.2 Å². The summed E-state index contributed by atoms with van der Waals surface area (Å²) in [6, 6.07) is 9.75. The van der Waals surface area contributed by atoms with Gasteiger partial charge in [0.15, 0.2) is 16.6 Å². The maximum absolute atomic E-state index is 13.9. The van der Waals surface area contributed by atoms with Crippen molar-refractivity contribution in [3.05, 3.63) is 62.6 Å². The van der Waals surface area contributed by atoms with Crippen LogP contribution in [0.4, 0.5) is 10.8 Å². The quantitative estimate of drug-likeness (QED) is 0.334. The van der Waals surface area contributed by atoms with E-state index >= 15 is 0 Å². The molecule has 8 nitrogen and oxygen atoms in total. The highest BCUT2D eigenvalue weighted by Crippen LogP contribution is 2.39. The van der Waals surface area contributed by atoms with Crippen molar-refractivity contribution in [3.63, 3.8) is 0 Å². The number of likely N-dealkylation sites (tertiary alicyclic amines) is 1. The molecule has 0 aliphatic carbocycles. The Bertz CT molecular complexity index is 1320. The number of hydrogen-bond acceptors (Lipinski definition) is 7. The molecule has 1 aliphatic rings. The Morgan fingerprint density at radius 3 is 2.57 bits per heavy atom. The molecule has 37 heavy (non-hydrogen) atoms. The zero-order valence-corrected chi connectivity index (χ0v) is 23.2. The van der Waals surface area contributed by atoms with Crippen molar-refractivity contribution >= 4 is 57.2 Å². The number of carbonyl (C=O) groups excluding carboxylic acids is 2. The van der Waals surface area contributed by atoms with Crippen molar-refractivity contribution in [1.29, 1.82) is 0 Å². The maximum Gasteiger partial charge on any atom is 0.273 e. The van der Waals surface area contributed by atoms with Crippen LogP contribution in [0.15, 0.2) is 36.4 Å².